The molecule has 12 rings (SSSR count). The zero-order valence-electron chi connectivity index (χ0n) is 33.0. The van der Waals surface area contributed by atoms with Crippen LogP contribution in [0.25, 0.3) is 82.1 Å². The number of hydrogen-bond acceptors (Lipinski definition) is 1. The first-order valence-corrected chi connectivity index (χ1v) is 20.6. The second-order valence-corrected chi connectivity index (χ2v) is 16.6. The summed E-state index contributed by atoms with van der Waals surface area (Å²) < 4.78 is 2.44. The van der Waals surface area contributed by atoms with Crippen LogP contribution in [0.4, 0.5) is 17.1 Å². The van der Waals surface area contributed by atoms with Gasteiger partial charge in [0.1, 0.15) is 0 Å². The SMILES string of the molecule is CC1(C)c2cc(N(c3ccccc3)c3ccc(-c4ccc(-n5c6cc7ccccc7cc6c6cc7ccccc7cc65)cc4)cc3)ccc2-c2cc3ccccc3cc21. The number of para-hydroxylation sites is 1. The molecule has 59 heavy (non-hydrogen) atoms. The van der Waals surface area contributed by atoms with E-state index in [0.29, 0.717) is 0 Å². The quantitative estimate of drug-likeness (QED) is 0.170. The average Bonchev–Trinajstić information content (AvgIpc) is 3.70. The number of fused-ring (bicyclic) bond motifs is 9. The van der Waals surface area contributed by atoms with Gasteiger partial charge in [0.2, 0.25) is 0 Å². The molecule has 0 radical (unpaired) electrons. The van der Waals surface area contributed by atoms with Crippen LogP contribution < -0.4 is 4.90 Å². The van der Waals surface area contributed by atoms with E-state index in [1.165, 1.54) is 87.5 Å². The van der Waals surface area contributed by atoms with Crippen LogP contribution in [-0.2, 0) is 5.41 Å². The minimum absolute atomic E-state index is 0.121. The lowest BCUT2D eigenvalue weighted by Crippen LogP contribution is -2.16. The lowest BCUT2D eigenvalue weighted by atomic mass is 9.81. The monoisotopic (exact) mass is 752 g/mol. The van der Waals surface area contributed by atoms with Crippen LogP contribution in [0, 0.1) is 0 Å². The molecule has 11 aromatic rings. The van der Waals surface area contributed by atoms with E-state index in [1.807, 2.05) is 0 Å². The average molecular weight is 753 g/mol. The molecule has 0 amide bonds. The zero-order valence-corrected chi connectivity index (χ0v) is 33.0. The molecule has 0 fully saturated rings. The van der Waals surface area contributed by atoms with Crippen molar-refractivity contribution in [3.8, 4) is 27.9 Å². The van der Waals surface area contributed by atoms with E-state index in [0.717, 1.165) is 22.7 Å². The van der Waals surface area contributed by atoms with Gasteiger partial charge >= 0.3 is 0 Å². The summed E-state index contributed by atoms with van der Waals surface area (Å²) in [6.07, 6.45) is 0. The number of hydrogen-bond donors (Lipinski definition) is 0. The number of benzene rings is 10. The molecule has 2 heteroatoms. The van der Waals surface area contributed by atoms with E-state index in [9.17, 15) is 0 Å². The maximum absolute atomic E-state index is 2.44. The third-order valence-corrected chi connectivity index (χ3v) is 12.9. The van der Waals surface area contributed by atoms with Crippen molar-refractivity contribution in [1.82, 2.24) is 4.57 Å². The largest absolute Gasteiger partial charge is 0.310 e. The van der Waals surface area contributed by atoms with Gasteiger partial charge in [0.05, 0.1) is 11.0 Å². The Morgan fingerprint density at radius 1 is 0.356 bits per heavy atom. The fourth-order valence-electron chi connectivity index (χ4n) is 9.84. The van der Waals surface area contributed by atoms with Crippen molar-refractivity contribution in [1.29, 1.82) is 0 Å². The Balaban J connectivity index is 0.922. The molecule has 0 N–H and O–H groups in total. The van der Waals surface area contributed by atoms with Gasteiger partial charge in [0, 0.05) is 38.9 Å². The fourth-order valence-corrected chi connectivity index (χ4v) is 9.84. The Kier molecular flexibility index (Phi) is 7.31. The molecule has 1 aliphatic carbocycles. The van der Waals surface area contributed by atoms with Gasteiger partial charge in [-0.25, -0.2) is 0 Å². The highest BCUT2D eigenvalue weighted by atomic mass is 15.1. The highest BCUT2D eigenvalue weighted by Gasteiger charge is 2.36. The Morgan fingerprint density at radius 3 is 1.37 bits per heavy atom. The summed E-state index contributed by atoms with van der Waals surface area (Å²) >= 11 is 0. The smallest absolute Gasteiger partial charge is 0.0547 e. The molecule has 0 bridgehead atoms. The Labute approximate surface area is 343 Å². The van der Waals surface area contributed by atoms with Crippen LogP contribution >= 0.6 is 0 Å². The first-order valence-electron chi connectivity index (χ1n) is 20.6. The third kappa shape index (κ3) is 5.26. The van der Waals surface area contributed by atoms with Gasteiger partial charge in [-0.2, -0.15) is 0 Å². The molecule has 0 atom stereocenters. The second-order valence-electron chi connectivity index (χ2n) is 16.6. The first-order chi connectivity index (χ1) is 29.0. The molecule has 2 nitrogen and oxygen atoms in total. The Bertz CT molecular complexity index is 3350. The summed E-state index contributed by atoms with van der Waals surface area (Å²) in [6.45, 7) is 4.74. The summed E-state index contributed by atoms with van der Waals surface area (Å²) in [7, 11) is 0. The standard InChI is InChI=1S/C57H40N2/c1-57(2)53-33-42-15-9-6-12-39(42)30-50(53)49-29-28-48(36-54(49)57)58(45-18-4-3-5-19-45)46-24-20-37(21-25-46)38-22-26-47(27-23-38)59-55-34-43-16-10-7-13-40(43)31-51(55)52-32-41-14-8-11-17-44(41)35-56(52)59/h3-36H,1-2H3. The molecular formula is C57H40N2. The molecule has 0 saturated carbocycles. The van der Waals surface area contributed by atoms with Crippen LogP contribution in [-0.4, -0.2) is 4.57 Å². The molecule has 278 valence electrons. The maximum Gasteiger partial charge on any atom is 0.0547 e. The predicted molar refractivity (Wildman–Crippen MR) is 251 cm³/mol. The summed E-state index contributed by atoms with van der Waals surface area (Å²) in [5, 5.41) is 10.1. The normalized spacial score (nSPS) is 13.1. The molecule has 0 unspecified atom stereocenters. The van der Waals surface area contributed by atoms with Gasteiger partial charge in [0.15, 0.2) is 0 Å². The fraction of sp³-hybridized carbons (Fsp3) is 0.0526. The van der Waals surface area contributed by atoms with Crippen molar-refractivity contribution in [3.63, 3.8) is 0 Å². The highest BCUT2D eigenvalue weighted by Crippen LogP contribution is 2.52. The first kappa shape index (κ1) is 33.7. The van der Waals surface area contributed by atoms with Crippen molar-refractivity contribution in [3.05, 3.63) is 217 Å². The van der Waals surface area contributed by atoms with Crippen molar-refractivity contribution in [2.24, 2.45) is 0 Å². The van der Waals surface area contributed by atoms with Crippen LogP contribution in [0.3, 0.4) is 0 Å². The van der Waals surface area contributed by atoms with E-state index < -0.39 is 0 Å². The molecule has 0 aliphatic heterocycles. The van der Waals surface area contributed by atoms with Crippen molar-refractivity contribution in [2.45, 2.75) is 19.3 Å². The number of nitrogens with zero attached hydrogens (tertiary/aromatic N) is 2. The van der Waals surface area contributed by atoms with Crippen molar-refractivity contribution >= 4 is 71.2 Å². The summed E-state index contributed by atoms with van der Waals surface area (Å²) in [5.41, 5.74) is 14.7. The lowest BCUT2D eigenvalue weighted by molar-refractivity contribution is 0.661. The highest BCUT2D eigenvalue weighted by molar-refractivity contribution is 6.16. The summed E-state index contributed by atoms with van der Waals surface area (Å²) in [4.78, 5) is 2.39. The van der Waals surface area contributed by atoms with E-state index in [-0.39, 0.29) is 5.41 Å². The van der Waals surface area contributed by atoms with Crippen molar-refractivity contribution in [2.75, 3.05) is 4.90 Å². The molecule has 10 aromatic carbocycles. The van der Waals surface area contributed by atoms with Crippen LogP contribution in [0.15, 0.2) is 206 Å². The second kappa shape index (κ2) is 12.8. The van der Waals surface area contributed by atoms with E-state index >= 15 is 0 Å². The van der Waals surface area contributed by atoms with Gasteiger partial charge in [0.25, 0.3) is 0 Å². The van der Waals surface area contributed by atoms with Gasteiger partial charge in [-0.15, -0.1) is 0 Å². The molecule has 1 aliphatic rings. The molecular weight excluding hydrogens is 713 g/mol. The van der Waals surface area contributed by atoms with Crippen LogP contribution in [0.1, 0.15) is 25.0 Å². The van der Waals surface area contributed by atoms with Crippen molar-refractivity contribution < 1.29 is 0 Å². The van der Waals surface area contributed by atoms with Crippen LogP contribution in [0.5, 0.6) is 0 Å². The number of aromatic nitrogens is 1. The minimum Gasteiger partial charge on any atom is -0.310 e. The molecule has 0 spiro atoms. The summed E-state index contributed by atoms with van der Waals surface area (Å²) in [6, 6.07) is 76.2. The molecule has 1 aromatic heterocycles. The molecule has 1 heterocycles. The minimum atomic E-state index is -0.121. The van der Waals surface area contributed by atoms with Crippen LogP contribution in [0.2, 0.25) is 0 Å². The summed E-state index contributed by atoms with van der Waals surface area (Å²) in [5.74, 6) is 0. The van der Waals surface area contributed by atoms with E-state index in [2.05, 4.69) is 230 Å². The maximum atomic E-state index is 2.44. The zero-order chi connectivity index (χ0) is 39.2. The van der Waals surface area contributed by atoms with Gasteiger partial charge in [-0.3, -0.25) is 0 Å². The lowest BCUT2D eigenvalue weighted by Gasteiger charge is -2.28. The van der Waals surface area contributed by atoms with Gasteiger partial charge < -0.3 is 9.47 Å². The topological polar surface area (TPSA) is 8.17 Å². The predicted octanol–water partition coefficient (Wildman–Crippen LogP) is 15.7. The Hall–Kier alpha value is -7.42. The molecule has 0 saturated heterocycles. The third-order valence-electron chi connectivity index (χ3n) is 12.9. The number of anilines is 3. The van der Waals surface area contributed by atoms with Gasteiger partial charge in [-0.05, 0) is 151 Å². The van der Waals surface area contributed by atoms with Gasteiger partial charge in [-0.1, -0.05) is 135 Å². The Morgan fingerprint density at radius 2 is 0.797 bits per heavy atom. The van der Waals surface area contributed by atoms with E-state index in [4.69, 9.17) is 0 Å². The van der Waals surface area contributed by atoms with E-state index in [1.54, 1.807) is 0 Å². The number of rotatable bonds is 5.